The molecule has 0 unspecified atom stereocenters. The minimum absolute atomic E-state index is 0.143. The molecule has 1 aliphatic rings. The van der Waals surface area contributed by atoms with E-state index in [0.717, 1.165) is 5.56 Å². The summed E-state index contributed by atoms with van der Waals surface area (Å²) in [6, 6.07) is 10.9. The predicted molar refractivity (Wildman–Crippen MR) is 75.3 cm³/mol. The Morgan fingerprint density at radius 2 is 2.10 bits per heavy atom. The largest absolute Gasteiger partial charge is 0.326 e. The highest BCUT2D eigenvalue weighted by atomic mass is 16.2. The van der Waals surface area contributed by atoms with E-state index in [1.54, 1.807) is 30.6 Å². The Kier molecular flexibility index (Phi) is 3.16. The maximum atomic E-state index is 12.4. The van der Waals surface area contributed by atoms with Crippen molar-refractivity contribution >= 4 is 23.2 Å². The van der Waals surface area contributed by atoms with Crippen LogP contribution in [0.1, 0.15) is 17.9 Å². The van der Waals surface area contributed by atoms with Crippen LogP contribution in [-0.2, 0) is 9.59 Å². The molecular weight excluding hydrogens is 254 g/mol. The fourth-order valence-electron chi connectivity index (χ4n) is 2.31. The second-order valence-electron chi connectivity index (χ2n) is 4.62. The predicted octanol–water partition coefficient (Wildman–Crippen LogP) is 2.15. The van der Waals surface area contributed by atoms with Crippen LogP contribution in [0.2, 0.25) is 0 Å². The molecule has 0 fully saturated rings. The Bertz CT molecular complexity index is 655. The van der Waals surface area contributed by atoms with E-state index in [1.807, 2.05) is 18.2 Å². The van der Waals surface area contributed by atoms with E-state index >= 15 is 0 Å². The molecule has 100 valence electrons. The van der Waals surface area contributed by atoms with Crippen LogP contribution in [0.25, 0.3) is 0 Å². The Morgan fingerprint density at radius 3 is 2.90 bits per heavy atom. The molecule has 2 heterocycles. The van der Waals surface area contributed by atoms with Crippen molar-refractivity contribution in [3.8, 4) is 0 Å². The quantitative estimate of drug-likeness (QED) is 0.875. The van der Waals surface area contributed by atoms with Crippen molar-refractivity contribution in [2.75, 3.05) is 10.6 Å². The number of pyridine rings is 1. The van der Waals surface area contributed by atoms with Crippen LogP contribution in [0.15, 0.2) is 48.8 Å². The van der Waals surface area contributed by atoms with Gasteiger partial charge >= 0.3 is 0 Å². The first-order valence-electron chi connectivity index (χ1n) is 6.34. The molecule has 0 bridgehead atoms. The summed E-state index contributed by atoms with van der Waals surface area (Å²) in [6.07, 6.45) is 3.37. The van der Waals surface area contributed by atoms with Gasteiger partial charge in [0.15, 0.2) is 0 Å². The number of hydrogen-bond donors (Lipinski definition) is 2. The number of fused-ring (bicyclic) bond motifs is 1. The molecule has 0 saturated carbocycles. The fraction of sp³-hybridized carbons (Fsp3) is 0.133. The van der Waals surface area contributed by atoms with Crippen LogP contribution >= 0.6 is 0 Å². The highest BCUT2D eigenvalue weighted by Crippen LogP contribution is 2.32. The molecule has 0 spiro atoms. The highest BCUT2D eigenvalue weighted by molar-refractivity contribution is 6.04. The van der Waals surface area contributed by atoms with Crippen LogP contribution in [-0.4, -0.2) is 16.8 Å². The lowest BCUT2D eigenvalue weighted by Gasteiger charge is -2.24. The Hall–Kier alpha value is -2.69. The highest BCUT2D eigenvalue weighted by Gasteiger charge is 2.30. The van der Waals surface area contributed by atoms with Crippen LogP contribution in [0, 0.1) is 0 Å². The molecule has 1 aliphatic heterocycles. The normalized spacial score (nSPS) is 17.0. The van der Waals surface area contributed by atoms with Crippen LogP contribution in [0.4, 0.5) is 11.4 Å². The zero-order valence-corrected chi connectivity index (χ0v) is 10.7. The first-order chi connectivity index (χ1) is 9.74. The number of nitrogens with zero attached hydrogens (tertiary/aromatic N) is 1. The summed E-state index contributed by atoms with van der Waals surface area (Å²) in [4.78, 5) is 28.0. The molecule has 0 aliphatic carbocycles. The Labute approximate surface area is 116 Å². The third-order valence-electron chi connectivity index (χ3n) is 3.25. The van der Waals surface area contributed by atoms with Gasteiger partial charge in [-0.2, -0.15) is 0 Å². The van der Waals surface area contributed by atoms with Gasteiger partial charge in [-0.15, -0.1) is 0 Å². The van der Waals surface area contributed by atoms with Crippen molar-refractivity contribution in [2.45, 2.75) is 12.3 Å². The van der Waals surface area contributed by atoms with E-state index in [1.165, 1.54) is 0 Å². The van der Waals surface area contributed by atoms with Gasteiger partial charge in [0.05, 0.1) is 17.8 Å². The molecule has 5 heteroatoms. The number of rotatable bonds is 2. The maximum Gasteiger partial charge on any atom is 0.232 e. The van der Waals surface area contributed by atoms with E-state index in [-0.39, 0.29) is 18.2 Å². The van der Waals surface area contributed by atoms with Gasteiger partial charge < -0.3 is 10.6 Å². The SMILES string of the molecule is O=C1C[C@@H](C(=O)Nc2cccnc2)c2ccccc2N1. The Balaban J connectivity index is 1.87. The molecule has 1 aromatic heterocycles. The van der Waals surface area contributed by atoms with Gasteiger partial charge in [0.25, 0.3) is 0 Å². The number of nitrogens with one attached hydrogen (secondary N) is 2. The van der Waals surface area contributed by atoms with Crippen LogP contribution in [0.5, 0.6) is 0 Å². The van der Waals surface area contributed by atoms with Gasteiger partial charge in [-0.05, 0) is 23.8 Å². The van der Waals surface area contributed by atoms with E-state index < -0.39 is 5.92 Å². The van der Waals surface area contributed by atoms with Crippen molar-refractivity contribution in [2.24, 2.45) is 0 Å². The number of aromatic nitrogens is 1. The molecule has 2 amide bonds. The van der Waals surface area contributed by atoms with E-state index in [4.69, 9.17) is 0 Å². The van der Waals surface area contributed by atoms with Crippen molar-refractivity contribution in [1.82, 2.24) is 4.98 Å². The van der Waals surface area contributed by atoms with Crippen molar-refractivity contribution < 1.29 is 9.59 Å². The molecule has 2 aromatic rings. The number of hydrogen-bond acceptors (Lipinski definition) is 3. The third kappa shape index (κ3) is 2.38. The molecule has 3 rings (SSSR count). The number of para-hydroxylation sites is 1. The summed E-state index contributed by atoms with van der Waals surface area (Å²) < 4.78 is 0. The first kappa shape index (κ1) is 12.3. The molecule has 5 nitrogen and oxygen atoms in total. The molecular formula is C15H13N3O2. The number of benzene rings is 1. The lowest BCUT2D eigenvalue weighted by Crippen LogP contribution is -2.30. The average Bonchev–Trinajstić information content (AvgIpc) is 2.47. The minimum atomic E-state index is -0.472. The van der Waals surface area contributed by atoms with Gasteiger partial charge in [0.2, 0.25) is 11.8 Å². The second kappa shape index (κ2) is 5.13. The van der Waals surface area contributed by atoms with E-state index in [2.05, 4.69) is 15.6 Å². The maximum absolute atomic E-state index is 12.4. The molecule has 2 N–H and O–H groups in total. The van der Waals surface area contributed by atoms with Crippen molar-refractivity contribution in [1.29, 1.82) is 0 Å². The van der Waals surface area contributed by atoms with Gasteiger partial charge in [-0.3, -0.25) is 14.6 Å². The molecule has 0 radical (unpaired) electrons. The molecule has 0 saturated heterocycles. The van der Waals surface area contributed by atoms with E-state index in [9.17, 15) is 9.59 Å². The monoisotopic (exact) mass is 267 g/mol. The van der Waals surface area contributed by atoms with Gasteiger partial charge in [0, 0.05) is 18.3 Å². The third-order valence-corrected chi connectivity index (χ3v) is 3.25. The lowest BCUT2D eigenvalue weighted by molar-refractivity contribution is -0.123. The van der Waals surface area contributed by atoms with Crippen LogP contribution < -0.4 is 10.6 Å². The number of carbonyl (C=O) groups is 2. The van der Waals surface area contributed by atoms with Crippen molar-refractivity contribution in [3.63, 3.8) is 0 Å². The second-order valence-corrected chi connectivity index (χ2v) is 4.62. The standard InChI is InChI=1S/C15H13N3O2/c19-14-8-12(11-5-1-2-6-13(11)18-14)15(20)17-10-4-3-7-16-9-10/h1-7,9,12H,8H2,(H,17,20)(H,18,19)/t12-/m1/s1. The summed E-state index contributed by atoms with van der Waals surface area (Å²) in [5.41, 5.74) is 2.17. The zero-order valence-electron chi connectivity index (χ0n) is 10.7. The number of anilines is 2. The van der Waals surface area contributed by atoms with Gasteiger partial charge in [0.1, 0.15) is 0 Å². The molecule has 1 atom stereocenters. The van der Waals surface area contributed by atoms with Crippen molar-refractivity contribution in [3.05, 3.63) is 54.4 Å². The first-order valence-corrected chi connectivity index (χ1v) is 6.34. The average molecular weight is 267 g/mol. The summed E-state index contributed by atoms with van der Waals surface area (Å²) >= 11 is 0. The summed E-state index contributed by atoms with van der Waals surface area (Å²) in [6.45, 7) is 0. The zero-order chi connectivity index (χ0) is 13.9. The Morgan fingerprint density at radius 1 is 1.25 bits per heavy atom. The lowest BCUT2D eigenvalue weighted by atomic mass is 9.90. The summed E-state index contributed by atoms with van der Waals surface area (Å²) in [7, 11) is 0. The number of carbonyl (C=O) groups excluding carboxylic acids is 2. The topological polar surface area (TPSA) is 71.1 Å². The van der Waals surface area contributed by atoms with E-state index in [0.29, 0.717) is 11.4 Å². The smallest absolute Gasteiger partial charge is 0.232 e. The molecule has 20 heavy (non-hydrogen) atoms. The molecule has 1 aromatic carbocycles. The van der Waals surface area contributed by atoms with Gasteiger partial charge in [-0.1, -0.05) is 18.2 Å². The van der Waals surface area contributed by atoms with Gasteiger partial charge in [-0.25, -0.2) is 0 Å². The van der Waals surface area contributed by atoms with Crippen LogP contribution in [0.3, 0.4) is 0 Å². The fourth-order valence-corrected chi connectivity index (χ4v) is 2.31. The summed E-state index contributed by atoms with van der Waals surface area (Å²) in [5, 5.41) is 5.57. The number of amides is 2. The summed E-state index contributed by atoms with van der Waals surface area (Å²) in [5.74, 6) is -0.810. The minimum Gasteiger partial charge on any atom is -0.326 e.